The highest BCUT2D eigenvalue weighted by molar-refractivity contribution is 6.06. The second-order valence-corrected chi connectivity index (χ2v) is 9.84. The van der Waals surface area contributed by atoms with E-state index >= 15 is 0 Å². The topological polar surface area (TPSA) is 133 Å². The molecule has 0 radical (unpaired) electrons. The first kappa shape index (κ1) is 23.3. The quantitative estimate of drug-likeness (QED) is 0.359. The molecule has 1 aliphatic heterocycles. The van der Waals surface area contributed by atoms with Crippen LogP contribution in [-0.4, -0.2) is 26.5 Å². The van der Waals surface area contributed by atoms with Crippen LogP contribution in [-0.2, 0) is 9.53 Å². The molecule has 0 bridgehead atoms. The molecular formula is C26H26N2O7. The first-order valence-corrected chi connectivity index (χ1v) is 11.9. The molecular weight excluding hydrogens is 452 g/mol. The zero-order valence-electron chi connectivity index (χ0n) is 19.1. The number of nitro groups is 2. The van der Waals surface area contributed by atoms with E-state index in [4.69, 9.17) is 4.74 Å². The Morgan fingerprint density at radius 2 is 1.57 bits per heavy atom. The predicted octanol–water partition coefficient (Wildman–Crippen LogP) is 5.28. The van der Waals surface area contributed by atoms with Crippen molar-refractivity contribution in [3.05, 3.63) is 85.5 Å². The minimum Gasteiger partial charge on any atom is -0.365 e. The van der Waals surface area contributed by atoms with Crippen molar-refractivity contribution >= 4 is 23.2 Å². The molecule has 5 rings (SSSR count). The third-order valence-corrected chi connectivity index (χ3v) is 7.85. The molecule has 2 saturated carbocycles. The first-order chi connectivity index (χ1) is 16.7. The van der Waals surface area contributed by atoms with Crippen molar-refractivity contribution in [2.24, 2.45) is 11.3 Å². The summed E-state index contributed by atoms with van der Waals surface area (Å²) in [6.07, 6.45) is 5.68. The summed E-state index contributed by atoms with van der Waals surface area (Å²) in [5.41, 5.74) is 1.01. The molecule has 35 heavy (non-hydrogen) atoms. The van der Waals surface area contributed by atoms with Crippen LogP contribution >= 0.6 is 0 Å². The summed E-state index contributed by atoms with van der Waals surface area (Å²) in [4.78, 5) is 35.1. The molecule has 1 N–H and O–H groups in total. The van der Waals surface area contributed by atoms with Crippen LogP contribution in [0.15, 0.2) is 54.1 Å². The number of nitrogens with zero attached hydrogens (tertiary/aromatic N) is 2. The number of carbonyl (C=O) groups is 1. The summed E-state index contributed by atoms with van der Waals surface area (Å²) in [6, 6.07) is 12.1. The molecule has 2 aliphatic carbocycles. The highest BCUT2D eigenvalue weighted by Gasteiger charge is 2.61. The second-order valence-electron chi connectivity index (χ2n) is 9.84. The van der Waals surface area contributed by atoms with Crippen molar-refractivity contribution in [3.8, 4) is 0 Å². The van der Waals surface area contributed by atoms with Gasteiger partial charge in [0.05, 0.1) is 21.4 Å². The molecule has 4 atom stereocenters. The number of fused-ring (bicyclic) bond motifs is 1. The van der Waals surface area contributed by atoms with Gasteiger partial charge in [0.1, 0.15) is 0 Å². The van der Waals surface area contributed by atoms with Gasteiger partial charge in [-0.1, -0.05) is 6.42 Å². The van der Waals surface area contributed by atoms with Gasteiger partial charge in [0.15, 0.2) is 11.6 Å². The SMILES string of the molecule is O=C1/C(=C/c2ccc([N+](=O)[O-])cc2)CCC12CC1CCCCC1(O)OC2c1ccc([N+](=O)[O-])cc1. The predicted molar refractivity (Wildman–Crippen MR) is 126 cm³/mol. The Balaban J connectivity index is 1.52. The summed E-state index contributed by atoms with van der Waals surface area (Å²) in [7, 11) is 0. The standard InChI is InChI=1S/C26H26N2O7/c29-23-19(15-17-4-8-21(9-5-17)27(31)32)12-14-25(23)16-20-3-1-2-13-26(20,30)35-24(25)18-6-10-22(11-7-18)28(33)34/h4-11,15,20,24,30H,1-3,12-14,16H2/b19-15+. The normalized spacial score (nSPS) is 31.5. The van der Waals surface area contributed by atoms with E-state index in [9.17, 15) is 30.1 Å². The molecule has 3 fully saturated rings. The summed E-state index contributed by atoms with van der Waals surface area (Å²) >= 11 is 0. The van der Waals surface area contributed by atoms with Crippen LogP contribution in [0.4, 0.5) is 11.4 Å². The van der Waals surface area contributed by atoms with Crippen molar-refractivity contribution in [2.75, 3.05) is 0 Å². The number of ether oxygens (including phenoxy) is 1. The maximum atomic E-state index is 14.0. The molecule has 1 spiro atoms. The Kier molecular flexibility index (Phi) is 5.77. The summed E-state index contributed by atoms with van der Waals surface area (Å²) < 4.78 is 6.38. The molecule has 0 aromatic heterocycles. The highest BCUT2D eigenvalue weighted by atomic mass is 16.6. The third-order valence-electron chi connectivity index (χ3n) is 7.85. The number of hydrogen-bond acceptors (Lipinski definition) is 7. The lowest BCUT2D eigenvalue weighted by molar-refractivity contribution is -0.385. The largest absolute Gasteiger partial charge is 0.365 e. The number of allylic oxidation sites excluding steroid dienone is 1. The number of nitro benzene ring substituents is 2. The van der Waals surface area contributed by atoms with Gasteiger partial charge < -0.3 is 9.84 Å². The molecule has 0 amide bonds. The molecule has 4 unspecified atom stereocenters. The lowest BCUT2D eigenvalue weighted by atomic mass is 9.63. The molecule has 2 aromatic rings. The maximum absolute atomic E-state index is 14.0. The first-order valence-electron chi connectivity index (χ1n) is 11.9. The van der Waals surface area contributed by atoms with Crippen LogP contribution in [0.1, 0.15) is 62.2 Å². The second kappa shape index (κ2) is 8.66. The molecule has 9 nitrogen and oxygen atoms in total. The fourth-order valence-corrected chi connectivity index (χ4v) is 6.02. The Labute approximate surface area is 201 Å². The van der Waals surface area contributed by atoms with Gasteiger partial charge in [0.2, 0.25) is 0 Å². The van der Waals surface area contributed by atoms with Crippen LogP contribution < -0.4 is 0 Å². The van der Waals surface area contributed by atoms with Crippen LogP contribution in [0.25, 0.3) is 6.08 Å². The van der Waals surface area contributed by atoms with Gasteiger partial charge in [-0.3, -0.25) is 25.0 Å². The van der Waals surface area contributed by atoms with Gasteiger partial charge in [-0.2, -0.15) is 0 Å². The van der Waals surface area contributed by atoms with Crippen molar-refractivity contribution < 1.29 is 24.5 Å². The van der Waals surface area contributed by atoms with E-state index in [-0.39, 0.29) is 23.1 Å². The average molecular weight is 479 g/mol. The Morgan fingerprint density at radius 3 is 2.20 bits per heavy atom. The minimum atomic E-state index is -1.32. The van der Waals surface area contributed by atoms with Crippen LogP contribution in [0, 0.1) is 31.6 Å². The summed E-state index contributed by atoms with van der Waals surface area (Å²) in [5, 5.41) is 33.4. The zero-order valence-corrected chi connectivity index (χ0v) is 19.1. The van der Waals surface area contributed by atoms with E-state index in [0.29, 0.717) is 42.4 Å². The van der Waals surface area contributed by atoms with Crippen LogP contribution in [0.3, 0.4) is 0 Å². The number of carbonyl (C=O) groups excluding carboxylic acids is 1. The van der Waals surface area contributed by atoms with Crippen molar-refractivity contribution in [3.63, 3.8) is 0 Å². The van der Waals surface area contributed by atoms with Crippen molar-refractivity contribution in [1.29, 1.82) is 0 Å². The lowest BCUT2D eigenvalue weighted by Crippen LogP contribution is -2.55. The Hall–Kier alpha value is -3.43. The highest BCUT2D eigenvalue weighted by Crippen LogP contribution is 2.61. The van der Waals surface area contributed by atoms with Crippen molar-refractivity contribution in [2.45, 2.75) is 56.8 Å². The number of Topliss-reactive ketones (excluding diaryl/α,β-unsaturated/α-hetero) is 1. The molecule has 182 valence electrons. The third kappa shape index (κ3) is 4.04. The lowest BCUT2D eigenvalue weighted by Gasteiger charge is -2.53. The smallest absolute Gasteiger partial charge is 0.269 e. The number of benzene rings is 2. The molecule has 1 heterocycles. The monoisotopic (exact) mass is 478 g/mol. The molecule has 1 saturated heterocycles. The number of non-ortho nitro benzene ring substituents is 2. The fourth-order valence-electron chi connectivity index (χ4n) is 6.02. The van der Waals surface area contributed by atoms with E-state index in [1.807, 2.05) is 0 Å². The van der Waals surface area contributed by atoms with Gasteiger partial charge in [-0.15, -0.1) is 0 Å². The molecule has 9 heteroatoms. The number of hydrogen-bond donors (Lipinski definition) is 1. The van der Waals surface area contributed by atoms with Gasteiger partial charge in [0, 0.05) is 36.6 Å². The summed E-state index contributed by atoms with van der Waals surface area (Å²) in [5.74, 6) is -1.53. The Morgan fingerprint density at radius 1 is 0.943 bits per heavy atom. The Bertz CT molecular complexity index is 1210. The molecule has 3 aliphatic rings. The zero-order chi connectivity index (χ0) is 24.8. The number of ketones is 1. The van der Waals surface area contributed by atoms with Gasteiger partial charge in [-0.25, -0.2) is 0 Å². The number of aliphatic hydroxyl groups is 1. The van der Waals surface area contributed by atoms with Gasteiger partial charge >= 0.3 is 0 Å². The van der Waals surface area contributed by atoms with E-state index in [0.717, 1.165) is 19.3 Å². The number of rotatable bonds is 4. The van der Waals surface area contributed by atoms with E-state index in [1.54, 1.807) is 30.3 Å². The van der Waals surface area contributed by atoms with E-state index < -0.39 is 27.2 Å². The van der Waals surface area contributed by atoms with Gasteiger partial charge in [-0.05, 0) is 79.1 Å². The fraction of sp³-hybridized carbons (Fsp3) is 0.423. The average Bonchev–Trinajstić information content (AvgIpc) is 3.15. The van der Waals surface area contributed by atoms with E-state index in [2.05, 4.69) is 0 Å². The van der Waals surface area contributed by atoms with Crippen molar-refractivity contribution in [1.82, 2.24) is 0 Å². The van der Waals surface area contributed by atoms with E-state index in [1.165, 1.54) is 24.3 Å². The maximum Gasteiger partial charge on any atom is 0.269 e. The van der Waals surface area contributed by atoms with Gasteiger partial charge in [0.25, 0.3) is 11.4 Å². The minimum absolute atomic E-state index is 0.0168. The van der Waals surface area contributed by atoms with Crippen LogP contribution in [0.5, 0.6) is 0 Å². The summed E-state index contributed by atoms with van der Waals surface area (Å²) in [6.45, 7) is 0. The molecule has 2 aromatic carbocycles. The van der Waals surface area contributed by atoms with Crippen LogP contribution in [0.2, 0.25) is 0 Å².